The SMILES string of the molecule is CCOC(=O)CC(O)C(O)c1ccc(C(=O)OC)cc1Br. The van der Waals surface area contributed by atoms with Crippen LogP contribution in [0, 0.1) is 0 Å². The summed E-state index contributed by atoms with van der Waals surface area (Å²) < 4.78 is 9.73. The van der Waals surface area contributed by atoms with Crippen LogP contribution in [-0.2, 0) is 14.3 Å². The molecule has 0 aromatic heterocycles. The van der Waals surface area contributed by atoms with E-state index in [4.69, 9.17) is 4.74 Å². The number of esters is 2. The lowest BCUT2D eigenvalue weighted by molar-refractivity contribution is -0.147. The number of carbonyl (C=O) groups is 2. The van der Waals surface area contributed by atoms with E-state index < -0.39 is 24.1 Å². The predicted octanol–water partition coefficient (Wildman–Crippen LogP) is 1.58. The van der Waals surface area contributed by atoms with Crippen LogP contribution >= 0.6 is 15.9 Å². The van der Waals surface area contributed by atoms with E-state index in [0.29, 0.717) is 15.6 Å². The molecule has 0 amide bonds. The fourth-order valence-electron chi connectivity index (χ4n) is 1.72. The normalized spacial score (nSPS) is 13.4. The largest absolute Gasteiger partial charge is 0.466 e. The second kappa shape index (κ2) is 8.11. The summed E-state index contributed by atoms with van der Waals surface area (Å²) in [6.07, 6.45) is -2.90. The van der Waals surface area contributed by atoms with E-state index in [1.54, 1.807) is 6.92 Å². The summed E-state index contributed by atoms with van der Waals surface area (Å²) in [5, 5.41) is 19.9. The Kier molecular flexibility index (Phi) is 6.80. The minimum atomic E-state index is -1.30. The van der Waals surface area contributed by atoms with E-state index in [1.165, 1.54) is 25.3 Å². The number of carbonyl (C=O) groups excluding carboxylic acids is 2. The summed E-state index contributed by atoms with van der Waals surface area (Å²) in [7, 11) is 1.27. The maximum Gasteiger partial charge on any atom is 0.337 e. The van der Waals surface area contributed by atoms with Crippen molar-refractivity contribution in [1.29, 1.82) is 0 Å². The number of rotatable bonds is 6. The highest BCUT2D eigenvalue weighted by molar-refractivity contribution is 9.10. The van der Waals surface area contributed by atoms with Crippen LogP contribution in [0.3, 0.4) is 0 Å². The van der Waals surface area contributed by atoms with Crippen LogP contribution in [0.2, 0.25) is 0 Å². The molecule has 0 fully saturated rings. The first kappa shape index (κ1) is 17.6. The lowest BCUT2D eigenvalue weighted by Crippen LogP contribution is -2.23. The smallest absolute Gasteiger partial charge is 0.337 e. The van der Waals surface area contributed by atoms with Gasteiger partial charge < -0.3 is 19.7 Å². The van der Waals surface area contributed by atoms with E-state index in [-0.39, 0.29) is 13.0 Å². The fourth-order valence-corrected chi connectivity index (χ4v) is 2.33. The van der Waals surface area contributed by atoms with Crippen LogP contribution in [0.1, 0.15) is 35.4 Å². The van der Waals surface area contributed by atoms with Gasteiger partial charge in [-0.25, -0.2) is 4.79 Å². The van der Waals surface area contributed by atoms with Crippen molar-refractivity contribution in [2.24, 2.45) is 0 Å². The van der Waals surface area contributed by atoms with E-state index in [9.17, 15) is 19.8 Å². The molecule has 0 saturated carbocycles. The second-order valence-corrected chi connectivity index (χ2v) is 5.10. The van der Waals surface area contributed by atoms with Gasteiger partial charge in [-0.05, 0) is 24.6 Å². The first-order valence-electron chi connectivity index (χ1n) is 6.30. The molecule has 6 nitrogen and oxygen atoms in total. The van der Waals surface area contributed by atoms with Crippen LogP contribution in [0.25, 0.3) is 0 Å². The van der Waals surface area contributed by atoms with Gasteiger partial charge >= 0.3 is 11.9 Å². The van der Waals surface area contributed by atoms with Gasteiger partial charge in [0.05, 0.1) is 31.8 Å². The summed E-state index contributed by atoms with van der Waals surface area (Å²) in [6.45, 7) is 1.86. The lowest BCUT2D eigenvalue weighted by Gasteiger charge is -2.19. The summed E-state index contributed by atoms with van der Waals surface area (Å²) in [5.74, 6) is -1.10. The molecule has 0 aliphatic rings. The van der Waals surface area contributed by atoms with E-state index in [1.807, 2.05) is 0 Å². The van der Waals surface area contributed by atoms with Crippen LogP contribution in [0.4, 0.5) is 0 Å². The van der Waals surface area contributed by atoms with Gasteiger partial charge in [0.1, 0.15) is 6.10 Å². The highest BCUT2D eigenvalue weighted by atomic mass is 79.9. The Morgan fingerprint density at radius 2 is 2.00 bits per heavy atom. The maximum atomic E-state index is 11.4. The monoisotopic (exact) mass is 360 g/mol. The van der Waals surface area contributed by atoms with Crippen molar-refractivity contribution in [2.45, 2.75) is 25.6 Å². The zero-order valence-corrected chi connectivity index (χ0v) is 13.3. The highest BCUT2D eigenvalue weighted by Crippen LogP contribution is 2.28. The Bertz CT molecular complexity index is 516. The van der Waals surface area contributed by atoms with Crippen molar-refractivity contribution in [3.05, 3.63) is 33.8 Å². The van der Waals surface area contributed by atoms with Crippen LogP contribution in [0.15, 0.2) is 22.7 Å². The number of benzene rings is 1. The third-order valence-electron chi connectivity index (χ3n) is 2.79. The third-order valence-corrected chi connectivity index (χ3v) is 3.47. The molecule has 1 aromatic rings. The van der Waals surface area contributed by atoms with Gasteiger partial charge in [0.15, 0.2) is 0 Å². The Morgan fingerprint density at radius 1 is 1.33 bits per heavy atom. The molecule has 2 atom stereocenters. The molecule has 0 bridgehead atoms. The quantitative estimate of drug-likeness (QED) is 0.748. The first-order chi connectivity index (χ1) is 9.90. The minimum Gasteiger partial charge on any atom is -0.466 e. The molecule has 0 aliphatic heterocycles. The maximum absolute atomic E-state index is 11.4. The van der Waals surface area contributed by atoms with E-state index in [2.05, 4.69) is 20.7 Å². The van der Waals surface area contributed by atoms with Crippen LogP contribution in [0.5, 0.6) is 0 Å². The Balaban J connectivity index is 2.84. The average molecular weight is 361 g/mol. The molecule has 0 saturated heterocycles. The summed E-state index contributed by atoms with van der Waals surface area (Å²) >= 11 is 3.22. The second-order valence-electron chi connectivity index (χ2n) is 4.25. The number of hydrogen-bond donors (Lipinski definition) is 2. The van der Waals surface area contributed by atoms with Crippen molar-refractivity contribution in [3.63, 3.8) is 0 Å². The molecule has 116 valence electrons. The van der Waals surface area contributed by atoms with Gasteiger partial charge in [0.25, 0.3) is 0 Å². The third kappa shape index (κ3) is 4.80. The Labute approximate surface area is 130 Å². The summed E-state index contributed by atoms with van der Waals surface area (Å²) in [4.78, 5) is 22.7. The van der Waals surface area contributed by atoms with E-state index in [0.717, 1.165) is 0 Å². The summed E-state index contributed by atoms with van der Waals surface area (Å²) in [5.41, 5.74) is 0.666. The van der Waals surface area contributed by atoms with Crippen molar-refractivity contribution >= 4 is 27.9 Å². The number of hydrogen-bond acceptors (Lipinski definition) is 6. The lowest BCUT2D eigenvalue weighted by atomic mass is 10.0. The number of aliphatic hydroxyl groups is 2. The number of halogens is 1. The summed E-state index contributed by atoms with van der Waals surface area (Å²) in [6, 6.07) is 4.42. The Hall–Kier alpha value is -1.44. The number of methoxy groups -OCH3 is 1. The average Bonchev–Trinajstić information content (AvgIpc) is 2.45. The molecule has 0 radical (unpaired) electrons. The molecule has 1 rings (SSSR count). The molecule has 0 heterocycles. The molecular weight excluding hydrogens is 344 g/mol. The van der Waals surface area contributed by atoms with Crippen molar-refractivity contribution in [3.8, 4) is 0 Å². The first-order valence-corrected chi connectivity index (χ1v) is 7.09. The molecule has 21 heavy (non-hydrogen) atoms. The van der Waals surface area contributed by atoms with Gasteiger partial charge in [-0.2, -0.15) is 0 Å². The molecule has 1 aromatic carbocycles. The molecule has 0 aliphatic carbocycles. The van der Waals surface area contributed by atoms with E-state index >= 15 is 0 Å². The predicted molar refractivity (Wildman–Crippen MR) is 77.7 cm³/mol. The van der Waals surface area contributed by atoms with Crippen molar-refractivity contribution in [2.75, 3.05) is 13.7 Å². The standard InChI is InChI=1S/C14H17BrO6/c1-3-21-12(17)7-11(16)13(18)9-5-4-8(6-10(9)15)14(19)20-2/h4-6,11,13,16,18H,3,7H2,1-2H3. The topological polar surface area (TPSA) is 93.1 Å². The van der Waals surface area contributed by atoms with Gasteiger partial charge in [-0.15, -0.1) is 0 Å². The van der Waals surface area contributed by atoms with Crippen LogP contribution < -0.4 is 0 Å². The minimum absolute atomic E-state index is 0.208. The number of ether oxygens (including phenoxy) is 2. The molecule has 7 heteroatoms. The van der Waals surface area contributed by atoms with Gasteiger partial charge in [0.2, 0.25) is 0 Å². The molecule has 0 spiro atoms. The fraction of sp³-hybridized carbons (Fsp3) is 0.429. The Morgan fingerprint density at radius 3 is 2.52 bits per heavy atom. The number of aliphatic hydroxyl groups excluding tert-OH is 2. The highest BCUT2D eigenvalue weighted by Gasteiger charge is 2.24. The van der Waals surface area contributed by atoms with Gasteiger partial charge in [-0.3, -0.25) is 4.79 Å². The zero-order valence-electron chi connectivity index (χ0n) is 11.7. The molecular formula is C14H17BrO6. The van der Waals surface area contributed by atoms with Gasteiger partial charge in [-0.1, -0.05) is 22.0 Å². The van der Waals surface area contributed by atoms with Crippen LogP contribution in [-0.4, -0.2) is 42.0 Å². The molecule has 2 N–H and O–H groups in total. The molecule has 2 unspecified atom stereocenters. The van der Waals surface area contributed by atoms with Crippen molar-refractivity contribution in [1.82, 2.24) is 0 Å². The zero-order chi connectivity index (χ0) is 16.0. The van der Waals surface area contributed by atoms with Crippen molar-refractivity contribution < 1.29 is 29.3 Å². The van der Waals surface area contributed by atoms with Gasteiger partial charge in [0, 0.05) is 4.47 Å².